The fourth-order valence-corrected chi connectivity index (χ4v) is 2.51. The molecule has 0 bridgehead atoms. The number of phenolic OH excluding ortho intramolecular Hbond substituents is 1. The third-order valence-corrected chi connectivity index (χ3v) is 3.77. The van der Waals surface area contributed by atoms with Gasteiger partial charge in [-0.2, -0.15) is 0 Å². The summed E-state index contributed by atoms with van der Waals surface area (Å²) in [7, 11) is 0. The van der Waals surface area contributed by atoms with Gasteiger partial charge in [-0.25, -0.2) is 0 Å². The standard InChI is InChI=1S/C18H19NO4/c1-12-8-14(20)7-6-13(12)9-18(21)19-10-15-11-22-16-4-2-3-5-17(16)23-15/h2-8,15,20H,9-11H2,1H3,(H,19,21). The van der Waals surface area contributed by atoms with Crippen LogP contribution in [0.2, 0.25) is 0 Å². The van der Waals surface area contributed by atoms with E-state index in [2.05, 4.69) is 5.32 Å². The fraction of sp³-hybridized carbons (Fsp3) is 0.278. The third kappa shape index (κ3) is 3.74. The second kappa shape index (κ2) is 6.60. The number of para-hydroxylation sites is 2. The second-order valence-corrected chi connectivity index (χ2v) is 5.59. The van der Waals surface area contributed by atoms with Gasteiger partial charge in [0.2, 0.25) is 5.91 Å². The van der Waals surface area contributed by atoms with E-state index in [0.717, 1.165) is 16.9 Å². The molecule has 1 heterocycles. The van der Waals surface area contributed by atoms with Crippen LogP contribution >= 0.6 is 0 Å². The first-order chi connectivity index (χ1) is 11.1. The Balaban J connectivity index is 1.52. The lowest BCUT2D eigenvalue weighted by Gasteiger charge is -2.26. The summed E-state index contributed by atoms with van der Waals surface area (Å²) in [6.45, 7) is 2.68. The normalized spacial score (nSPS) is 16.0. The summed E-state index contributed by atoms with van der Waals surface area (Å²) in [6.07, 6.45) is 0.0748. The Kier molecular flexibility index (Phi) is 4.37. The number of benzene rings is 2. The quantitative estimate of drug-likeness (QED) is 0.908. The smallest absolute Gasteiger partial charge is 0.224 e. The molecule has 1 amide bonds. The molecule has 5 heteroatoms. The van der Waals surface area contributed by atoms with E-state index < -0.39 is 0 Å². The van der Waals surface area contributed by atoms with E-state index in [4.69, 9.17) is 9.47 Å². The number of amides is 1. The van der Waals surface area contributed by atoms with E-state index in [0.29, 0.717) is 18.9 Å². The number of nitrogens with one attached hydrogen (secondary N) is 1. The van der Waals surface area contributed by atoms with Crippen molar-refractivity contribution in [3.8, 4) is 17.2 Å². The molecule has 0 aromatic heterocycles. The van der Waals surface area contributed by atoms with E-state index in [1.807, 2.05) is 31.2 Å². The van der Waals surface area contributed by atoms with E-state index >= 15 is 0 Å². The zero-order valence-electron chi connectivity index (χ0n) is 12.9. The lowest BCUT2D eigenvalue weighted by atomic mass is 10.1. The zero-order chi connectivity index (χ0) is 16.2. The first-order valence-corrected chi connectivity index (χ1v) is 7.55. The number of aryl methyl sites for hydroxylation is 1. The van der Waals surface area contributed by atoms with Crippen LogP contribution in [0.25, 0.3) is 0 Å². The molecule has 0 spiro atoms. The first kappa shape index (κ1) is 15.2. The maximum Gasteiger partial charge on any atom is 0.224 e. The van der Waals surface area contributed by atoms with Gasteiger partial charge in [0.25, 0.3) is 0 Å². The van der Waals surface area contributed by atoms with E-state index in [1.54, 1.807) is 18.2 Å². The molecule has 1 atom stereocenters. The summed E-state index contributed by atoms with van der Waals surface area (Å²) < 4.78 is 11.4. The molecule has 3 rings (SSSR count). The van der Waals surface area contributed by atoms with Gasteiger partial charge in [-0.05, 0) is 42.3 Å². The minimum Gasteiger partial charge on any atom is -0.508 e. The molecule has 2 aromatic carbocycles. The van der Waals surface area contributed by atoms with Gasteiger partial charge in [-0.3, -0.25) is 4.79 Å². The Labute approximate surface area is 134 Å². The Morgan fingerprint density at radius 2 is 2.04 bits per heavy atom. The van der Waals surface area contributed by atoms with Crippen molar-refractivity contribution in [1.29, 1.82) is 0 Å². The highest BCUT2D eigenvalue weighted by Gasteiger charge is 2.21. The van der Waals surface area contributed by atoms with E-state index in [9.17, 15) is 9.90 Å². The lowest BCUT2D eigenvalue weighted by molar-refractivity contribution is -0.120. The van der Waals surface area contributed by atoms with Gasteiger partial charge >= 0.3 is 0 Å². The highest BCUT2D eigenvalue weighted by molar-refractivity contribution is 5.79. The van der Waals surface area contributed by atoms with Crippen molar-refractivity contribution < 1.29 is 19.4 Å². The monoisotopic (exact) mass is 313 g/mol. The molecule has 1 unspecified atom stereocenters. The van der Waals surface area contributed by atoms with Gasteiger partial charge < -0.3 is 19.9 Å². The maximum absolute atomic E-state index is 12.1. The SMILES string of the molecule is Cc1cc(O)ccc1CC(=O)NCC1COc2ccccc2O1. The fourth-order valence-electron chi connectivity index (χ4n) is 2.51. The predicted octanol–water partition coefficient (Wildman–Crippen LogP) is 2.20. The molecule has 23 heavy (non-hydrogen) atoms. The summed E-state index contributed by atoms with van der Waals surface area (Å²) in [5, 5.41) is 12.3. The Morgan fingerprint density at radius 1 is 1.26 bits per heavy atom. The summed E-state index contributed by atoms with van der Waals surface area (Å²) >= 11 is 0. The topological polar surface area (TPSA) is 67.8 Å². The molecular formula is C18H19NO4. The summed E-state index contributed by atoms with van der Waals surface area (Å²) in [5.41, 5.74) is 1.79. The van der Waals surface area contributed by atoms with Gasteiger partial charge in [-0.1, -0.05) is 18.2 Å². The predicted molar refractivity (Wildman–Crippen MR) is 85.9 cm³/mol. The molecule has 1 aliphatic rings. The van der Waals surface area contributed by atoms with Crippen LogP contribution < -0.4 is 14.8 Å². The highest BCUT2D eigenvalue weighted by Crippen LogP contribution is 2.30. The molecule has 0 fully saturated rings. The van der Waals surface area contributed by atoms with Crippen LogP contribution in [0.15, 0.2) is 42.5 Å². The van der Waals surface area contributed by atoms with E-state index in [1.165, 1.54) is 0 Å². The molecule has 5 nitrogen and oxygen atoms in total. The van der Waals surface area contributed by atoms with Crippen LogP contribution in [0.4, 0.5) is 0 Å². The molecule has 120 valence electrons. The average molecular weight is 313 g/mol. The zero-order valence-corrected chi connectivity index (χ0v) is 12.9. The molecule has 0 saturated carbocycles. The lowest BCUT2D eigenvalue weighted by Crippen LogP contribution is -2.41. The summed E-state index contributed by atoms with van der Waals surface area (Å²) in [5.74, 6) is 1.56. The average Bonchev–Trinajstić information content (AvgIpc) is 2.55. The van der Waals surface area contributed by atoms with Crippen molar-refractivity contribution in [2.45, 2.75) is 19.4 Å². The van der Waals surface area contributed by atoms with Crippen molar-refractivity contribution in [3.63, 3.8) is 0 Å². The van der Waals surface area contributed by atoms with Crippen LogP contribution in [-0.4, -0.2) is 30.3 Å². The number of carbonyl (C=O) groups excluding carboxylic acids is 1. The number of fused-ring (bicyclic) bond motifs is 1. The molecule has 0 aliphatic carbocycles. The highest BCUT2D eigenvalue weighted by atomic mass is 16.6. The third-order valence-electron chi connectivity index (χ3n) is 3.77. The number of phenols is 1. The summed E-state index contributed by atoms with van der Waals surface area (Å²) in [6, 6.07) is 12.5. The Bertz CT molecular complexity index is 714. The largest absolute Gasteiger partial charge is 0.508 e. The van der Waals surface area contributed by atoms with Crippen LogP contribution in [0.5, 0.6) is 17.2 Å². The van der Waals surface area contributed by atoms with Crippen molar-refractivity contribution in [2.24, 2.45) is 0 Å². The van der Waals surface area contributed by atoms with Crippen molar-refractivity contribution >= 4 is 5.91 Å². The number of hydrogen-bond acceptors (Lipinski definition) is 4. The number of aromatic hydroxyl groups is 1. The van der Waals surface area contributed by atoms with Crippen LogP contribution in [0.1, 0.15) is 11.1 Å². The van der Waals surface area contributed by atoms with Gasteiger partial charge in [0.1, 0.15) is 18.5 Å². The summed E-state index contributed by atoms with van der Waals surface area (Å²) in [4.78, 5) is 12.1. The number of hydrogen-bond donors (Lipinski definition) is 2. The molecule has 0 radical (unpaired) electrons. The maximum atomic E-state index is 12.1. The minimum absolute atomic E-state index is 0.0822. The second-order valence-electron chi connectivity index (χ2n) is 5.59. The van der Waals surface area contributed by atoms with Gasteiger partial charge in [0.05, 0.1) is 13.0 Å². The van der Waals surface area contributed by atoms with Crippen molar-refractivity contribution in [3.05, 3.63) is 53.6 Å². The molecule has 2 aromatic rings. The molecule has 0 saturated heterocycles. The minimum atomic E-state index is -0.199. The molecular weight excluding hydrogens is 294 g/mol. The Hall–Kier alpha value is -2.69. The number of ether oxygens (including phenoxy) is 2. The van der Waals surface area contributed by atoms with Crippen LogP contribution in [0, 0.1) is 6.92 Å². The number of carbonyl (C=O) groups is 1. The van der Waals surface area contributed by atoms with Gasteiger partial charge in [0, 0.05) is 0 Å². The Morgan fingerprint density at radius 3 is 2.83 bits per heavy atom. The van der Waals surface area contributed by atoms with Crippen LogP contribution in [-0.2, 0) is 11.2 Å². The molecule has 1 aliphatic heterocycles. The number of rotatable bonds is 4. The first-order valence-electron chi connectivity index (χ1n) is 7.55. The van der Waals surface area contributed by atoms with Crippen molar-refractivity contribution in [1.82, 2.24) is 5.32 Å². The van der Waals surface area contributed by atoms with Gasteiger partial charge in [0.15, 0.2) is 11.5 Å². The van der Waals surface area contributed by atoms with Crippen LogP contribution in [0.3, 0.4) is 0 Å². The molecule has 2 N–H and O–H groups in total. The van der Waals surface area contributed by atoms with E-state index in [-0.39, 0.29) is 24.2 Å². The van der Waals surface area contributed by atoms with Gasteiger partial charge in [-0.15, -0.1) is 0 Å². The van der Waals surface area contributed by atoms with Crippen molar-refractivity contribution in [2.75, 3.05) is 13.2 Å².